The number of hydrogen-bond acceptors (Lipinski definition) is 0. The Balaban J connectivity index is 2.38. The monoisotopic (exact) mass is 166 g/mol. The van der Waals surface area contributed by atoms with Crippen molar-refractivity contribution in [2.45, 2.75) is 6.42 Å². The maximum absolute atomic E-state index is 2.21. The number of rotatable bonds is 0. The number of hydrogen-bond donors (Lipinski definition) is 0. The van der Waals surface area contributed by atoms with Crippen LogP contribution in [-0.4, -0.2) is 0 Å². The summed E-state index contributed by atoms with van der Waals surface area (Å²) >= 11 is 0. The molecule has 0 N–H and O–H groups in total. The second kappa shape index (κ2) is 2.46. The summed E-state index contributed by atoms with van der Waals surface area (Å²) in [5.74, 6) is 0. The van der Waals surface area contributed by atoms with Crippen molar-refractivity contribution in [1.29, 1.82) is 0 Å². The molecule has 0 atom stereocenters. The van der Waals surface area contributed by atoms with E-state index in [4.69, 9.17) is 0 Å². The van der Waals surface area contributed by atoms with Gasteiger partial charge in [0.25, 0.3) is 0 Å². The molecule has 0 spiro atoms. The average Bonchev–Trinajstić information content (AvgIpc) is 2.36. The summed E-state index contributed by atoms with van der Waals surface area (Å²) in [6, 6.07) is 6.50. The van der Waals surface area contributed by atoms with Crippen LogP contribution in [0.1, 0.15) is 16.7 Å². The largest absolute Gasteiger partial charge is 0.0614 e. The Morgan fingerprint density at radius 3 is 2.69 bits per heavy atom. The lowest BCUT2D eigenvalue weighted by Crippen LogP contribution is -1.98. The molecule has 2 bridgehead atoms. The second-order valence-electron chi connectivity index (χ2n) is 3.53. The van der Waals surface area contributed by atoms with E-state index in [1.807, 2.05) is 0 Å². The standard InChI is InChI=1S/C13H10/c1-3-10-7-8-12-6-2-5-11(4-1)13(12)9-10/h1-8H,9H2. The lowest BCUT2D eigenvalue weighted by atomic mass is 9.91. The fourth-order valence-corrected chi connectivity index (χ4v) is 1.99. The summed E-state index contributed by atoms with van der Waals surface area (Å²) in [6.07, 6.45) is 12.0. The third-order valence-corrected chi connectivity index (χ3v) is 2.69. The summed E-state index contributed by atoms with van der Waals surface area (Å²) in [7, 11) is 0. The van der Waals surface area contributed by atoms with E-state index >= 15 is 0 Å². The van der Waals surface area contributed by atoms with Gasteiger partial charge < -0.3 is 0 Å². The number of allylic oxidation sites excluding steroid dienone is 4. The van der Waals surface area contributed by atoms with Gasteiger partial charge in [0.1, 0.15) is 0 Å². The Kier molecular flexibility index (Phi) is 1.31. The summed E-state index contributed by atoms with van der Waals surface area (Å²) in [5.41, 5.74) is 5.63. The zero-order valence-electron chi connectivity index (χ0n) is 7.33. The highest BCUT2D eigenvalue weighted by Gasteiger charge is 2.11. The van der Waals surface area contributed by atoms with E-state index in [2.05, 4.69) is 48.6 Å². The first-order chi connectivity index (χ1) is 6.43. The van der Waals surface area contributed by atoms with Gasteiger partial charge in [-0.15, -0.1) is 0 Å². The smallest absolute Gasteiger partial charge is 0.00139 e. The Morgan fingerprint density at radius 2 is 1.77 bits per heavy atom. The van der Waals surface area contributed by atoms with Crippen LogP contribution >= 0.6 is 0 Å². The van der Waals surface area contributed by atoms with E-state index < -0.39 is 0 Å². The molecule has 1 aromatic carbocycles. The topological polar surface area (TPSA) is 0 Å². The third-order valence-electron chi connectivity index (χ3n) is 2.69. The molecule has 13 heavy (non-hydrogen) atoms. The van der Waals surface area contributed by atoms with Gasteiger partial charge in [0.15, 0.2) is 0 Å². The van der Waals surface area contributed by atoms with Crippen molar-refractivity contribution in [2.24, 2.45) is 0 Å². The third kappa shape index (κ3) is 0.988. The Morgan fingerprint density at radius 1 is 0.923 bits per heavy atom. The quantitative estimate of drug-likeness (QED) is 0.555. The lowest BCUT2D eigenvalue weighted by Gasteiger charge is -2.13. The van der Waals surface area contributed by atoms with E-state index in [0.717, 1.165) is 6.42 Å². The molecular weight excluding hydrogens is 156 g/mol. The van der Waals surface area contributed by atoms with Crippen molar-refractivity contribution in [3.8, 4) is 0 Å². The molecule has 2 aliphatic rings. The summed E-state index contributed by atoms with van der Waals surface area (Å²) < 4.78 is 0. The minimum Gasteiger partial charge on any atom is -0.0614 e. The van der Waals surface area contributed by atoms with Crippen molar-refractivity contribution in [1.82, 2.24) is 0 Å². The van der Waals surface area contributed by atoms with Gasteiger partial charge in [0, 0.05) is 0 Å². The zero-order chi connectivity index (χ0) is 8.67. The van der Waals surface area contributed by atoms with Crippen LogP contribution in [0.2, 0.25) is 0 Å². The molecule has 2 aliphatic carbocycles. The second-order valence-corrected chi connectivity index (χ2v) is 3.53. The van der Waals surface area contributed by atoms with Crippen molar-refractivity contribution in [2.75, 3.05) is 0 Å². The fraction of sp³-hybridized carbons (Fsp3) is 0.0769. The Labute approximate surface area is 77.9 Å². The molecular formula is C13H10. The molecule has 0 radical (unpaired) electrons. The van der Waals surface area contributed by atoms with Crippen molar-refractivity contribution < 1.29 is 0 Å². The van der Waals surface area contributed by atoms with Crippen LogP contribution in [0, 0.1) is 0 Å². The molecule has 0 heterocycles. The van der Waals surface area contributed by atoms with E-state index in [-0.39, 0.29) is 0 Å². The van der Waals surface area contributed by atoms with Crippen molar-refractivity contribution in [3.05, 3.63) is 58.7 Å². The number of benzene rings is 1. The van der Waals surface area contributed by atoms with E-state index in [1.165, 1.54) is 22.3 Å². The predicted octanol–water partition coefficient (Wildman–Crippen LogP) is 3.21. The highest BCUT2D eigenvalue weighted by molar-refractivity contribution is 5.71. The molecule has 0 unspecified atom stereocenters. The maximum atomic E-state index is 2.21. The molecule has 0 saturated carbocycles. The first-order valence-electron chi connectivity index (χ1n) is 4.61. The first-order valence-corrected chi connectivity index (χ1v) is 4.61. The summed E-state index contributed by atoms with van der Waals surface area (Å²) in [6.45, 7) is 0. The summed E-state index contributed by atoms with van der Waals surface area (Å²) in [4.78, 5) is 0. The predicted molar refractivity (Wildman–Crippen MR) is 56.3 cm³/mol. The van der Waals surface area contributed by atoms with Gasteiger partial charge in [0.2, 0.25) is 0 Å². The molecule has 1 aromatic rings. The Bertz CT molecular complexity index is 445. The van der Waals surface area contributed by atoms with Crippen LogP contribution in [0.5, 0.6) is 0 Å². The lowest BCUT2D eigenvalue weighted by molar-refractivity contribution is 1.17. The molecule has 0 amide bonds. The van der Waals surface area contributed by atoms with Crippen LogP contribution in [0.15, 0.2) is 42.0 Å². The SMILES string of the molecule is C1=Cc2cccc3c2CC(=C1)C=C3. The molecule has 0 saturated heterocycles. The van der Waals surface area contributed by atoms with Gasteiger partial charge in [-0.3, -0.25) is 0 Å². The normalized spacial score (nSPS) is 16.8. The van der Waals surface area contributed by atoms with Crippen LogP contribution in [-0.2, 0) is 6.42 Å². The van der Waals surface area contributed by atoms with Crippen molar-refractivity contribution in [3.63, 3.8) is 0 Å². The maximum Gasteiger partial charge on any atom is -0.00139 e. The molecule has 0 nitrogen and oxygen atoms in total. The highest BCUT2D eigenvalue weighted by atomic mass is 14.2. The molecule has 3 rings (SSSR count). The zero-order valence-corrected chi connectivity index (χ0v) is 7.33. The molecule has 62 valence electrons. The molecule has 0 aromatic heterocycles. The molecule has 0 fully saturated rings. The van der Waals surface area contributed by atoms with Gasteiger partial charge in [-0.2, -0.15) is 0 Å². The van der Waals surface area contributed by atoms with Crippen molar-refractivity contribution >= 4 is 12.2 Å². The Hall–Kier alpha value is -1.56. The minimum absolute atomic E-state index is 1.09. The van der Waals surface area contributed by atoms with Crippen LogP contribution in [0.4, 0.5) is 0 Å². The van der Waals surface area contributed by atoms with Gasteiger partial charge >= 0.3 is 0 Å². The van der Waals surface area contributed by atoms with E-state index in [9.17, 15) is 0 Å². The molecule has 0 heteroatoms. The minimum atomic E-state index is 1.09. The highest BCUT2D eigenvalue weighted by Crippen LogP contribution is 2.28. The molecule has 0 aliphatic heterocycles. The first kappa shape index (κ1) is 6.90. The van der Waals surface area contributed by atoms with Gasteiger partial charge in [0.05, 0.1) is 0 Å². The van der Waals surface area contributed by atoms with Crippen LogP contribution in [0.25, 0.3) is 12.2 Å². The average molecular weight is 166 g/mol. The summed E-state index contributed by atoms with van der Waals surface area (Å²) in [5, 5.41) is 0. The van der Waals surface area contributed by atoms with Gasteiger partial charge in [-0.05, 0) is 28.7 Å². The van der Waals surface area contributed by atoms with Crippen LogP contribution < -0.4 is 0 Å². The van der Waals surface area contributed by atoms with Gasteiger partial charge in [-0.1, -0.05) is 48.6 Å². The van der Waals surface area contributed by atoms with E-state index in [0.29, 0.717) is 0 Å². The fourth-order valence-electron chi connectivity index (χ4n) is 1.99. The van der Waals surface area contributed by atoms with Crippen LogP contribution in [0.3, 0.4) is 0 Å². The van der Waals surface area contributed by atoms with E-state index in [1.54, 1.807) is 0 Å². The number of fused-ring (bicyclic) bond motifs is 1. The van der Waals surface area contributed by atoms with Gasteiger partial charge in [-0.25, -0.2) is 0 Å².